The maximum atomic E-state index is 12.2. The number of pyridine rings is 2. The first-order valence-electron chi connectivity index (χ1n) is 6.11. The topological polar surface area (TPSA) is 66.1 Å². The first-order valence-corrected chi connectivity index (χ1v) is 7.40. The van der Waals surface area contributed by atoms with Gasteiger partial charge in [-0.2, -0.15) is 0 Å². The van der Waals surface area contributed by atoms with Crippen LogP contribution in [0.3, 0.4) is 0 Å². The van der Waals surface area contributed by atoms with Crippen LogP contribution in [0.4, 0.5) is 0 Å². The van der Waals surface area contributed by atoms with Crippen LogP contribution in [-0.4, -0.2) is 34.1 Å². The quantitative estimate of drug-likeness (QED) is 0.916. The van der Waals surface area contributed by atoms with Gasteiger partial charge in [-0.1, -0.05) is 0 Å². The number of carbonyl (C=O) groups excluding carboxylic acids is 1. The number of amides is 1. The highest BCUT2D eigenvalue weighted by Crippen LogP contribution is 2.42. The third-order valence-electron chi connectivity index (χ3n) is 3.42. The molecule has 0 fully saturated rings. The molecule has 1 unspecified atom stereocenters. The molecular formula is C14H13N3O2S. The predicted molar refractivity (Wildman–Crippen MR) is 78.6 cm³/mol. The van der Waals surface area contributed by atoms with E-state index >= 15 is 0 Å². The van der Waals surface area contributed by atoms with Crippen LogP contribution < -0.4 is 5.56 Å². The SMILES string of the molecule is CSC1c2c(cc(=O)[nH]c2-c2ccncc2)C(=O)N1C. The fraction of sp³-hybridized carbons (Fsp3) is 0.214. The molecule has 0 spiro atoms. The number of fused-ring (bicyclic) bond motifs is 1. The Morgan fingerprint density at radius 2 is 2.00 bits per heavy atom. The van der Waals surface area contributed by atoms with E-state index < -0.39 is 0 Å². The number of nitrogens with zero attached hydrogens (tertiary/aromatic N) is 2. The summed E-state index contributed by atoms with van der Waals surface area (Å²) in [5, 5.41) is -0.0856. The molecule has 0 saturated heterocycles. The molecule has 1 amide bonds. The minimum atomic E-state index is -0.265. The second kappa shape index (κ2) is 4.79. The summed E-state index contributed by atoms with van der Waals surface area (Å²) >= 11 is 1.57. The molecule has 20 heavy (non-hydrogen) atoms. The Bertz CT molecular complexity index is 727. The molecule has 0 aromatic carbocycles. The predicted octanol–water partition coefficient (Wildman–Crippen LogP) is 1.88. The number of aromatic amines is 1. The van der Waals surface area contributed by atoms with E-state index in [1.807, 2.05) is 18.4 Å². The van der Waals surface area contributed by atoms with Crippen molar-refractivity contribution in [3.8, 4) is 11.3 Å². The summed E-state index contributed by atoms with van der Waals surface area (Å²) in [6.45, 7) is 0. The molecule has 0 bridgehead atoms. The van der Waals surface area contributed by atoms with Gasteiger partial charge in [-0.15, -0.1) is 11.8 Å². The Labute approximate surface area is 120 Å². The fourth-order valence-corrected chi connectivity index (χ4v) is 3.41. The van der Waals surface area contributed by atoms with E-state index in [2.05, 4.69) is 9.97 Å². The number of H-pyrrole nitrogens is 1. The molecule has 3 heterocycles. The van der Waals surface area contributed by atoms with Crippen LogP contribution in [0.25, 0.3) is 11.3 Å². The molecule has 102 valence electrons. The largest absolute Gasteiger partial charge is 0.325 e. The molecular weight excluding hydrogens is 274 g/mol. The summed E-state index contributed by atoms with van der Waals surface area (Å²) in [5.41, 5.74) is 2.65. The lowest BCUT2D eigenvalue weighted by molar-refractivity contribution is 0.0813. The smallest absolute Gasteiger partial charge is 0.255 e. The summed E-state index contributed by atoms with van der Waals surface area (Å²) in [6, 6.07) is 5.03. The van der Waals surface area contributed by atoms with Crippen molar-refractivity contribution in [1.29, 1.82) is 0 Å². The van der Waals surface area contributed by atoms with Crippen LogP contribution >= 0.6 is 11.8 Å². The minimum absolute atomic E-state index is 0.0856. The van der Waals surface area contributed by atoms with Crippen molar-refractivity contribution >= 4 is 17.7 Å². The third-order valence-corrected chi connectivity index (χ3v) is 4.42. The van der Waals surface area contributed by atoms with Crippen molar-refractivity contribution in [2.24, 2.45) is 0 Å². The highest BCUT2D eigenvalue weighted by molar-refractivity contribution is 7.98. The van der Waals surface area contributed by atoms with E-state index in [0.29, 0.717) is 11.3 Å². The zero-order valence-corrected chi connectivity index (χ0v) is 11.9. The highest BCUT2D eigenvalue weighted by atomic mass is 32.2. The average Bonchev–Trinajstić information content (AvgIpc) is 2.71. The zero-order valence-electron chi connectivity index (χ0n) is 11.1. The van der Waals surface area contributed by atoms with E-state index in [1.165, 1.54) is 6.07 Å². The van der Waals surface area contributed by atoms with Gasteiger partial charge in [0.1, 0.15) is 5.37 Å². The number of nitrogens with one attached hydrogen (secondary N) is 1. The van der Waals surface area contributed by atoms with Gasteiger partial charge in [0.05, 0.1) is 11.3 Å². The van der Waals surface area contributed by atoms with E-state index in [-0.39, 0.29) is 16.8 Å². The third kappa shape index (κ3) is 1.84. The van der Waals surface area contributed by atoms with Gasteiger partial charge in [-0.05, 0) is 18.4 Å². The number of hydrogen-bond donors (Lipinski definition) is 1. The standard InChI is InChI=1S/C14H13N3O2S/c1-17-13(19)9-7-10(18)16-12(11(9)14(17)20-2)8-3-5-15-6-4-8/h3-7,14H,1-2H3,(H,16,18). The van der Waals surface area contributed by atoms with E-state index in [1.54, 1.807) is 36.1 Å². The monoisotopic (exact) mass is 287 g/mol. The lowest BCUT2D eigenvalue weighted by atomic mass is 10.0. The van der Waals surface area contributed by atoms with Gasteiger partial charge in [-0.25, -0.2) is 0 Å². The first kappa shape index (κ1) is 12.9. The lowest BCUT2D eigenvalue weighted by Gasteiger charge is -2.19. The molecule has 0 radical (unpaired) electrons. The summed E-state index contributed by atoms with van der Waals surface area (Å²) in [6.07, 6.45) is 5.29. The van der Waals surface area contributed by atoms with Crippen molar-refractivity contribution in [2.75, 3.05) is 13.3 Å². The van der Waals surface area contributed by atoms with Crippen LogP contribution in [0, 0.1) is 0 Å². The van der Waals surface area contributed by atoms with Crippen LogP contribution in [0.15, 0.2) is 35.4 Å². The van der Waals surface area contributed by atoms with Crippen LogP contribution in [-0.2, 0) is 0 Å². The normalized spacial score (nSPS) is 17.4. The molecule has 6 heteroatoms. The van der Waals surface area contributed by atoms with Gasteiger partial charge in [0, 0.05) is 36.6 Å². The molecule has 0 aliphatic carbocycles. The summed E-state index contributed by atoms with van der Waals surface area (Å²) in [7, 11) is 1.75. The lowest BCUT2D eigenvalue weighted by Crippen LogP contribution is -2.21. The van der Waals surface area contributed by atoms with Gasteiger partial charge >= 0.3 is 0 Å². The van der Waals surface area contributed by atoms with Crippen LogP contribution in [0.5, 0.6) is 0 Å². The van der Waals surface area contributed by atoms with Crippen molar-refractivity contribution in [1.82, 2.24) is 14.9 Å². The average molecular weight is 287 g/mol. The Morgan fingerprint density at radius 1 is 1.30 bits per heavy atom. The summed E-state index contributed by atoms with van der Waals surface area (Å²) in [5.74, 6) is -0.110. The first-order chi connectivity index (χ1) is 9.63. The maximum absolute atomic E-state index is 12.2. The molecule has 3 rings (SSSR count). The molecule has 2 aromatic heterocycles. The summed E-state index contributed by atoms with van der Waals surface area (Å²) < 4.78 is 0. The number of aromatic nitrogens is 2. The molecule has 1 aliphatic heterocycles. The van der Waals surface area contributed by atoms with Gasteiger partial charge in [0.2, 0.25) is 5.56 Å². The van der Waals surface area contributed by atoms with Crippen LogP contribution in [0.1, 0.15) is 21.3 Å². The second-order valence-corrected chi connectivity index (χ2v) is 5.49. The number of thioether (sulfide) groups is 1. The second-order valence-electron chi connectivity index (χ2n) is 4.58. The number of hydrogen-bond acceptors (Lipinski definition) is 4. The van der Waals surface area contributed by atoms with E-state index in [4.69, 9.17) is 0 Å². The highest BCUT2D eigenvalue weighted by Gasteiger charge is 2.36. The molecule has 0 saturated carbocycles. The van der Waals surface area contributed by atoms with Crippen molar-refractivity contribution in [3.05, 3.63) is 52.1 Å². The van der Waals surface area contributed by atoms with E-state index in [0.717, 1.165) is 11.1 Å². The van der Waals surface area contributed by atoms with E-state index in [9.17, 15) is 9.59 Å². The molecule has 1 atom stereocenters. The zero-order chi connectivity index (χ0) is 14.3. The fourth-order valence-electron chi connectivity index (χ4n) is 2.52. The van der Waals surface area contributed by atoms with Gasteiger partial charge in [0.15, 0.2) is 0 Å². The number of rotatable bonds is 2. The van der Waals surface area contributed by atoms with Gasteiger partial charge in [-0.3, -0.25) is 14.6 Å². The summed E-state index contributed by atoms with van der Waals surface area (Å²) in [4.78, 5) is 32.6. The van der Waals surface area contributed by atoms with Crippen molar-refractivity contribution in [3.63, 3.8) is 0 Å². The van der Waals surface area contributed by atoms with Crippen molar-refractivity contribution in [2.45, 2.75) is 5.37 Å². The Hall–Kier alpha value is -2.08. The molecule has 1 N–H and O–H groups in total. The van der Waals surface area contributed by atoms with Crippen LogP contribution in [0.2, 0.25) is 0 Å². The Balaban J connectivity index is 2.31. The molecule has 1 aliphatic rings. The minimum Gasteiger partial charge on any atom is -0.325 e. The Kier molecular flexibility index (Phi) is 3.10. The van der Waals surface area contributed by atoms with Gasteiger partial charge in [0.25, 0.3) is 5.91 Å². The van der Waals surface area contributed by atoms with Crippen molar-refractivity contribution < 1.29 is 4.79 Å². The molecule has 5 nitrogen and oxygen atoms in total. The number of carbonyl (C=O) groups is 1. The Morgan fingerprint density at radius 3 is 2.65 bits per heavy atom. The molecule has 2 aromatic rings. The van der Waals surface area contributed by atoms with Gasteiger partial charge < -0.3 is 9.88 Å². The maximum Gasteiger partial charge on any atom is 0.255 e.